The van der Waals surface area contributed by atoms with Crippen molar-refractivity contribution in [2.45, 2.75) is 32.4 Å². The van der Waals surface area contributed by atoms with Crippen LogP contribution in [0, 0.1) is 11.8 Å². The van der Waals surface area contributed by atoms with E-state index in [9.17, 15) is 0 Å². The molecule has 0 aliphatic carbocycles. The number of thiophene rings is 1. The second-order valence-electron chi connectivity index (χ2n) is 5.57. The number of nitrogens with zero attached hydrogens (tertiary/aromatic N) is 1. The summed E-state index contributed by atoms with van der Waals surface area (Å²) in [6, 6.07) is 5.78. The minimum absolute atomic E-state index is 0.567. The van der Waals surface area contributed by atoms with Crippen LogP contribution in [0.4, 0.5) is 0 Å². The fraction of sp³-hybridized carbons (Fsp3) is 0.714. The Hall–Kier alpha value is 0.1000. The van der Waals surface area contributed by atoms with Gasteiger partial charge in [0, 0.05) is 23.5 Å². The van der Waals surface area contributed by atoms with Crippen LogP contribution in [0.15, 0.2) is 15.9 Å². The monoisotopic (exact) mass is 328 g/mol. The summed E-state index contributed by atoms with van der Waals surface area (Å²) in [7, 11) is 0. The van der Waals surface area contributed by atoms with Crippen molar-refractivity contribution in [1.82, 2.24) is 10.2 Å². The van der Waals surface area contributed by atoms with Crippen LogP contribution in [0.25, 0.3) is 0 Å². The molecule has 0 aromatic carbocycles. The summed E-state index contributed by atoms with van der Waals surface area (Å²) in [4.78, 5) is 4.24. The minimum Gasteiger partial charge on any atom is -0.316 e. The third-order valence-electron chi connectivity index (χ3n) is 4.68. The Labute approximate surface area is 122 Å². The van der Waals surface area contributed by atoms with Gasteiger partial charge in [-0.25, -0.2) is 0 Å². The zero-order valence-corrected chi connectivity index (χ0v) is 13.4. The molecule has 100 valence electrons. The van der Waals surface area contributed by atoms with Crippen molar-refractivity contribution in [1.29, 1.82) is 0 Å². The van der Waals surface area contributed by atoms with E-state index in [4.69, 9.17) is 0 Å². The highest BCUT2D eigenvalue weighted by Crippen LogP contribution is 2.41. The summed E-state index contributed by atoms with van der Waals surface area (Å²) in [6.45, 7) is 8.43. The number of hydrogen-bond acceptors (Lipinski definition) is 3. The summed E-state index contributed by atoms with van der Waals surface area (Å²) in [5.74, 6) is 1.75. The van der Waals surface area contributed by atoms with E-state index in [-0.39, 0.29) is 0 Å². The molecule has 0 amide bonds. The van der Waals surface area contributed by atoms with Crippen molar-refractivity contribution in [3.8, 4) is 0 Å². The molecule has 18 heavy (non-hydrogen) atoms. The maximum Gasteiger partial charge on any atom is 0.0701 e. The van der Waals surface area contributed by atoms with E-state index in [0.717, 1.165) is 17.9 Å². The van der Waals surface area contributed by atoms with Gasteiger partial charge in [0.15, 0.2) is 0 Å². The number of likely N-dealkylation sites (tertiary alicyclic amines) is 1. The summed E-state index contributed by atoms with van der Waals surface area (Å²) < 4.78 is 1.25. The zero-order valence-electron chi connectivity index (χ0n) is 11.0. The highest BCUT2D eigenvalue weighted by molar-refractivity contribution is 9.11. The van der Waals surface area contributed by atoms with Gasteiger partial charge in [-0.15, -0.1) is 11.3 Å². The maximum atomic E-state index is 3.58. The van der Waals surface area contributed by atoms with Crippen LogP contribution in [0.3, 0.4) is 0 Å². The van der Waals surface area contributed by atoms with Crippen molar-refractivity contribution >= 4 is 27.3 Å². The first-order valence-corrected chi connectivity index (χ1v) is 8.53. The second-order valence-corrected chi connectivity index (χ2v) is 8.07. The Morgan fingerprint density at radius 1 is 1.50 bits per heavy atom. The van der Waals surface area contributed by atoms with Gasteiger partial charge in [0.25, 0.3) is 0 Å². The SMILES string of the molecule is CCC1C2CNCC2CN1C(C)c1ccc(Br)s1. The predicted octanol–water partition coefficient (Wildman–Crippen LogP) is 3.50. The molecule has 1 aromatic rings. The first-order chi connectivity index (χ1) is 8.70. The molecule has 1 N–H and O–H groups in total. The summed E-state index contributed by atoms with van der Waals surface area (Å²) in [6.07, 6.45) is 1.28. The molecule has 2 aliphatic heterocycles. The minimum atomic E-state index is 0.567. The van der Waals surface area contributed by atoms with E-state index < -0.39 is 0 Å². The molecule has 2 nitrogen and oxygen atoms in total. The molecule has 3 rings (SSSR count). The van der Waals surface area contributed by atoms with Gasteiger partial charge in [-0.3, -0.25) is 4.90 Å². The molecule has 0 bridgehead atoms. The van der Waals surface area contributed by atoms with Gasteiger partial charge < -0.3 is 5.32 Å². The lowest BCUT2D eigenvalue weighted by Gasteiger charge is -2.31. The Balaban J connectivity index is 1.79. The van der Waals surface area contributed by atoms with Gasteiger partial charge in [0.05, 0.1) is 3.79 Å². The molecule has 0 saturated carbocycles. The van der Waals surface area contributed by atoms with Gasteiger partial charge in [0.1, 0.15) is 0 Å². The van der Waals surface area contributed by atoms with Crippen molar-refractivity contribution in [3.63, 3.8) is 0 Å². The maximum absolute atomic E-state index is 3.58. The smallest absolute Gasteiger partial charge is 0.0701 e. The lowest BCUT2D eigenvalue weighted by Crippen LogP contribution is -2.36. The van der Waals surface area contributed by atoms with E-state index in [2.05, 4.69) is 52.1 Å². The fourth-order valence-corrected chi connectivity index (χ4v) is 5.25. The van der Waals surface area contributed by atoms with E-state index >= 15 is 0 Å². The lowest BCUT2D eigenvalue weighted by molar-refractivity contribution is 0.168. The fourth-order valence-electron chi connectivity index (χ4n) is 3.75. The van der Waals surface area contributed by atoms with Crippen LogP contribution in [0.2, 0.25) is 0 Å². The van der Waals surface area contributed by atoms with Crippen LogP contribution in [0.1, 0.15) is 31.2 Å². The lowest BCUT2D eigenvalue weighted by atomic mass is 9.92. The Kier molecular flexibility index (Phi) is 3.81. The average molecular weight is 329 g/mol. The molecule has 2 aliphatic rings. The highest BCUT2D eigenvalue weighted by atomic mass is 79.9. The van der Waals surface area contributed by atoms with Crippen LogP contribution in [-0.4, -0.2) is 30.6 Å². The number of hydrogen-bond donors (Lipinski definition) is 1. The van der Waals surface area contributed by atoms with Crippen molar-refractivity contribution in [2.75, 3.05) is 19.6 Å². The molecule has 0 radical (unpaired) electrons. The van der Waals surface area contributed by atoms with Crippen LogP contribution >= 0.6 is 27.3 Å². The molecule has 4 heteroatoms. The van der Waals surface area contributed by atoms with Crippen LogP contribution in [-0.2, 0) is 0 Å². The van der Waals surface area contributed by atoms with Gasteiger partial charge >= 0.3 is 0 Å². The first-order valence-electron chi connectivity index (χ1n) is 6.92. The first kappa shape index (κ1) is 13.1. The number of nitrogens with one attached hydrogen (secondary N) is 1. The second kappa shape index (κ2) is 5.23. The van der Waals surface area contributed by atoms with Crippen molar-refractivity contribution in [2.24, 2.45) is 11.8 Å². The summed E-state index contributed by atoms with van der Waals surface area (Å²) >= 11 is 5.46. The zero-order chi connectivity index (χ0) is 12.7. The Morgan fingerprint density at radius 2 is 2.33 bits per heavy atom. The topological polar surface area (TPSA) is 15.3 Å². The average Bonchev–Trinajstić information content (AvgIpc) is 3.01. The molecule has 1 aromatic heterocycles. The van der Waals surface area contributed by atoms with Gasteiger partial charge in [-0.1, -0.05) is 6.92 Å². The quantitative estimate of drug-likeness (QED) is 0.913. The van der Waals surface area contributed by atoms with Gasteiger partial charge in [-0.05, 0) is 66.3 Å². The largest absolute Gasteiger partial charge is 0.316 e. The van der Waals surface area contributed by atoms with Crippen LogP contribution in [0.5, 0.6) is 0 Å². The third-order valence-corrected chi connectivity index (χ3v) is 6.47. The third kappa shape index (κ3) is 2.17. The van der Waals surface area contributed by atoms with Crippen molar-refractivity contribution < 1.29 is 0 Å². The Bertz CT molecular complexity index is 420. The summed E-state index contributed by atoms with van der Waals surface area (Å²) in [5, 5.41) is 3.56. The molecular formula is C14H21BrN2S. The van der Waals surface area contributed by atoms with E-state index in [0.29, 0.717) is 6.04 Å². The number of fused-ring (bicyclic) bond motifs is 1. The molecule has 2 fully saturated rings. The molecule has 2 saturated heterocycles. The van der Waals surface area contributed by atoms with E-state index in [1.807, 2.05) is 11.3 Å². The van der Waals surface area contributed by atoms with Crippen molar-refractivity contribution in [3.05, 3.63) is 20.8 Å². The highest BCUT2D eigenvalue weighted by Gasteiger charge is 2.44. The summed E-state index contributed by atoms with van der Waals surface area (Å²) in [5.41, 5.74) is 0. The van der Waals surface area contributed by atoms with Crippen LogP contribution < -0.4 is 5.32 Å². The molecule has 4 unspecified atom stereocenters. The number of rotatable bonds is 3. The Morgan fingerprint density at radius 3 is 3.00 bits per heavy atom. The number of halogens is 1. The molecule has 3 heterocycles. The standard InChI is InChI=1S/C14H21BrN2S/c1-3-12-11-7-16-6-10(11)8-17(12)9(2)13-4-5-14(15)18-13/h4-5,9-12,16H,3,6-8H2,1-2H3. The molecule has 4 atom stereocenters. The normalized spacial score (nSPS) is 33.8. The van der Waals surface area contributed by atoms with E-state index in [1.54, 1.807) is 0 Å². The van der Waals surface area contributed by atoms with Gasteiger partial charge in [0.2, 0.25) is 0 Å². The predicted molar refractivity (Wildman–Crippen MR) is 81.1 cm³/mol. The molecule has 0 spiro atoms. The van der Waals surface area contributed by atoms with Gasteiger partial charge in [-0.2, -0.15) is 0 Å². The van der Waals surface area contributed by atoms with E-state index in [1.165, 1.54) is 34.7 Å². The molecular weight excluding hydrogens is 308 g/mol.